The lowest BCUT2D eigenvalue weighted by Gasteiger charge is -2.49. The summed E-state index contributed by atoms with van der Waals surface area (Å²) in [5, 5.41) is 15.7. The van der Waals surface area contributed by atoms with Crippen molar-refractivity contribution in [3.05, 3.63) is 22.3 Å². The Morgan fingerprint density at radius 2 is 1.86 bits per heavy atom. The van der Waals surface area contributed by atoms with Crippen molar-refractivity contribution in [1.82, 2.24) is 25.0 Å². The molecule has 16 nitrogen and oxygen atoms in total. The molecule has 4 rings (SSSR count). The molecule has 0 radical (unpaired) electrons. The van der Waals surface area contributed by atoms with Crippen LogP contribution < -0.4 is 11.1 Å². The van der Waals surface area contributed by atoms with E-state index in [1.54, 1.807) is 25.7 Å². The third-order valence-corrected chi connectivity index (χ3v) is 8.74. The Bertz CT molecular complexity index is 1350. The lowest BCUT2D eigenvalue weighted by molar-refractivity contribution is -0.173. The predicted molar refractivity (Wildman–Crippen MR) is 154 cm³/mol. The van der Waals surface area contributed by atoms with E-state index in [1.807, 2.05) is 7.05 Å². The summed E-state index contributed by atoms with van der Waals surface area (Å²) in [6.45, 7) is 6.28. The number of nitrogens with one attached hydrogen (secondary N) is 1. The second-order valence-corrected chi connectivity index (χ2v) is 12.9. The van der Waals surface area contributed by atoms with Crippen LogP contribution in [0.25, 0.3) is 0 Å². The van der Waals surface area contributed by atoms with Gasteiger partial charge in [0, 0.05) is 42.9 Å². The molecule has 0 aromatic carbocycles. The van der Waals surface area contributed by atoms with E-state index in [0.717, 1.165) is 16.2 Å². The topological polar surface area (TPSA) is 206 Å². The third-order valence-electron chi connectivity index (χ3n) is 6.73. The lowest BCUT2D eigenvalue weighted by atomic mass is 9.98. The highest BCUT2D eigenvalue weighted by atomic mass is 32.2. The molecule has 0 bridgehead atoms. The summed E-state index contributed by atoms with van der Waals surface area (Å²) in [7, 11) is 1.95. The SMILES string of the molecule is CN1CCN(C(=O)OCC2=C(C(=O)OCOC(=O)C(C)(C)C)N3C(=O)[C@@H](NC(=O)/C(=N\O)c4csc(N)n4)[C@H]3SC2)CC1. The minimum Gasteiger partial charge on any atom is -0.445 e. The molecule has 43 heavy (non-hydrogen) atoms. The molecule has 0 aliphatic carbocycles. The smallest absolute Gasteiger partial charge is 0.410 e. The van der Waals surface area contributed by atoms with Gasteiger partial charge in [0.05, 0.1) is 5.41 Å². The number of ether oxygens (including phenoxy) is 3. The number of thiazole rings is 1. The van der Waals surface area contributed by atoms with Gasteiger partial charge in [0.1, 0.15) is 29.4 Å². The van der Waals surface area contributed by atoms with Gasteiger partial charge >= 0.3 is 18.0 Å². The van der Waals surface area contributed by atoms with Gasteiger partial charge in [-0.15, -0.1) is 23.1 Å². The molecule has 3 aliphatic heterocycles. The molecule has 2 atom stereocenters. The number of nitrogen functional groups attached to an aromatic ring is 1. The number of anilines is 1. The zero-order chi connectivity index (χ0) is 31.5. The fraction of sp³-hybridized carbons (Fsp3) is 0.560. The fourth-order valence-electron chi connectivity index (χ4n) is 4.25. The molecule has 2 saturated heterocycles. The Labute approximate surface area is 255 Å². The summed E-state index contributed by atoms with van der Waals surface area (Å²) in [6.07, 6.45) is -0.557. The van der Waals surface area contributed by atoms with Crippen molar-refractivity contribution in [3.63, 3.8) is 0 Å². The zero-order valence-corrected chi connectivity index (χ0v) is 25.7. The average molecular weight is 640 g/mol. The molecule has 1 aromatic heterocycles. The lowest BCUT2D eigenvalue weighted by Crippen LogP contribution is -2.71. The van der Waals surface area contributed by atoms with Crippen molar-refractivity contribution in [2.24, 2.45) is 10.6 Å². The zero-order valence-electron chi connectivity index (χ0n) is 24.0. The highest BCUT2D eigenvalue weighted by Gasteiger charge is 2.55. The monoisotopic (exact) mass is 639 g/mol. The Hall–Kier alpha value is -3.90. The van der Waals surface area contributed by atoms with Crippen molar-refractivity contribution >= 4 is 63.8 Å². The maximum atomic E-state index is 13.3. The number of hydrogen-bond donors (Lipinski definition) is 3. The van der Waals surface area contributed by atoms with Gasteiger partial charge in [0.2, 0.25) is 6.79 Å². The number of carbonyl (C=O) groups is 5. The normalized spacial score (nSPS) is 21.1. The van der Waals surface area contributed by atoms with E-state index in [9.17, 15) is 29.2 Å². The number of aromatic nitrogens is 1. The fourth-order valence-corrected chi connectivity index (χ4v) is 6.13. The first-order valence-corrected chi connectivity index (χ1v) is 15.1. The molecule has 0 spiro atoms. The van der Waals surface area contributed by atoms with Crippen LogP contribution in [0.1, 0.15) is 26.5 Å². The van der Waals surface area contributed by atoms with Gasteiger partial charge in [-0.3, -0.25) is 19.3 Å². The van der Waals surface area contributed by atoms with Crippen molar-refractivity contribution in [1.29, 1.82) is 0 Å². The predicted octanol–water partition coefficient (Wildman–Crippen LogP) is 0.0316. The minimum absolute atomic E-state index is 0.0286. The largest absolute Gasteiger partial charge is 0.445 e. The van der Waals surface area contributed by atoms with Crippen LogP contribution in [0.15, 0.2) is 21.8 Å². The van der Waals surface area contributed by atoms with Crippen LogP contribution in [0, 0.1) is 5.41 Å². The molecule has 1 aromatic rings. The summed E-state index contributed by atoms with van der Waals surface area (Å²) >= 11 is 2.26. The summed E-state index contributed by atoms with van der Waals surface area (Å²) in [5.41, 5.74) is 4.50. The van der Waals surface area contributed by atoms with E-state index in [-0.39, 0.29) is 28.9 Å². The molecular weight excluding hydrogens is 606 g/mol. The summed E-state index contributed by atoms with van der Waals surface area (Å²) < 4.78 is 15.7. The number of thioether (sulfide) groups is 1. The van der Waals surface area contributed by atoms with E-state index in [2.05, 4.69) is 20.4 Å². The Morgan fingerprint density at radius 3 is 2.47 bits per heavy atom. The number of β-lactam (4-membered cyclic amide) rings is 1. The second-order valence-electron chi connectivity index (χ2n) is 10.9. The molecule has 18 heteroatoms. The minimum atomic E-state index is -1.08. The van der Waals surface area contributed by atoms with Crippen LogP contribution >= 0.6 is 23.1 Å². The number of piperazine rings is 1. The molecule has 234 valence electrons. The van der Waals surface area contributed by atoms with Crippen LogP contribution in [-0.2, 0) is 33.4 Å². The van der Waals surface area contributed by atoms with E-state index >= 15 is 0 Å². The van der Waals surface area contributed by atoms with Crippen LogP contribution in [0.2, 0.25) is 0 Å². The highest BCUT2D eigenvalue weighted by Crippen LogP contribution is 2.41. The first-order chi connectivity index (χ1) is 20.3. The van der Waals surface area contributed by atoms with E-state index < -0.39 is 59.2 Å². The summed E-state index contributed by atoms with van der Waals surface area (Å²) in [5.74, 6) is -2.93. The molecular formula is C25H33N7O9S2. The standard InChI is InChI=1S/C25H33N7O9S2/c1-25(2,3)22(36)41-12-40-21(35)17-13(9-39-24(37)31-7-5-30(4)6-8-31)10-42-20-16(19(34)32(17)20)28-18(33)15(29-38)14-11-43-23(26)27-14/h11,16,20,38H,5-10,12H2,1-4H3,(H2,26,27)(H,28,33)/b29-15-/t16-,20-/m1/s1. The number of amides is 3. The molecule has 4 N–H and O–H groups in total. The number of rotatable bonds is 8. The molecule has 4 heterocycles. The Morgan fingerprint density at radius 1 is 1.16 bits per heavy atom. The quantitative estimate of drug-likeness (QED) is 0.0858. The maximum Gasteiger partial charge on any atom is 0.410 e. The second kappa shape index (κ2) is 13.2. The number of carbonyl (C=O) groups excluding carboxylic acids is 5. The Balaban J connectivity index is 1.48. The van der Waals surface area contributed by atoms with Gasteiger partial charge in [-0.2, -0.15) is 0 Å². The van der Waals surface area contributed by atoms with Crippen LogP contribution in [0.5, 0.6) is 0 Å². The number of esters is 2. The number of nitrogens with two attached hydrogens (primary N) is 1. The van der Waals surface area contributed by atoms with Gasteiger partial charge in [0.25, 0.3) is 11.8 Å². The number of fused-ring (bicyclic) bond motifs is 1. The van der Waals surface area contributed by atoms with E-state index in [1.165, 1.54) is 17.1 Å². The highest BCUT2D eigenvalue weighted by molar-refractivity contribution is 8.00. The van der Waals surface area contributed by atoms with Crippen molar-refractivity contribution < 1.29 is 43.4 Å². The summed E-state index contributed by atoms with van der Waals surface area (Å²) in [6, 6.07) is -1.08. The van der Waals surface area contributed by atoms with Gasteiger partial charge in [-0.1, -0.05) is 5.16 Å². The van der Waals surface area contributed by atoms with Gasteiger partial charge in [-0.25, -0.2) is 14.6 Å². The molecule has 3 aliphatic rings. The van der Waals surface area contributed by atoms with Crippen LogP contribution in [0.4, 0.5) is 9.93 Å². The number of hydrogen-bond acceptors (Lipinski definition) is 15. The number of likely N-dealkylation sites (N-methyl/N-ethyl adjacent to an activating group) is 1. The Kier molecular flexibility index (Phi) is 9.81. The average Bonchev–Trinajstić information content (AvgIpc) is 3.39. The van der Waals surface area contributed by atoms with Crippen LogP contribution in [0.3, 0.4) is 0 Å². The molecule has 2 fully saturated rings. The molecule has 0 saturated carbocycles. The van der Waals surface area contributed by atoms with Crippen molar-refractivity contribution in [2.45, 2.75) is 32.2 Å². The van der Waals surface area contributed by atoms with Crippen molar-refractivity contribution in [2.75, 3.05) is 58.1 Å². The van der Waals surface area contributed by atoms with Gasteiger partial charge in [0.15, 0.2) is 10.8 Å². The van der Waals surface area contributed by atoms with E-state index in [4.69, 9.17) is 19.9 Å². The number of oxime groups is 1. The van der Waals surface area contributed by atoms with Crippen molar-refractivity contribution in [3.8, 4) is 0 Å². The van der Waals surface area contributed by atoms with E-state index in [0.29, 0.717) is 31.8 Å². The summed E-state index contributed by atoms with van der Waals surface area (Å²) in [4.78, 5) is 72.9. The first-order valence-electron chi connectivity index (χ1n) is 13.2. The van der Waals surface area contributed by atoms with Crippen LogP contribution in [-0.4, -0.2) is 124 Å². The number of nitrogens with zero attached hydrogens (tertiary/aromatic N) is 5. The molecule has 3 amide bonds. The van der Waals surface area contributed by atoms with Gasteiger partial charge in [-0.05, 0) is 27.8 Å². The maximum absolute atomic E-state index is 13.3. The third kappa shape index (κ3) is 7.19. The molecule has 0 unspecified atom stereocenters. The van der Waals surface area contributed by atoms with Gasteiger partial charge < -0.3 is 40.3 Å². The first kappa shape index (κ1) is 32.0.